The average molecular weight is 445 g/mol. The largest absolute Gasteiger partial charge is 0.493 e. The van der Waals surface area contributed by atoms with E-state index in [1.54, 1.807) is 12.1 Å². The summed E-state index contributed by atoms with van der Waals surface area (Å²) in [6.07, 6.45) is 0.689. The van der Waals surface area contributed by atoms with E-state index in [1.807, 2.05) is 11.8 Å². The minimum Gasteiger partial charge on any atom is -0.493 e. The van der Waals surface area contributed by atoms with Gasteiger partial charge in [-0.2, -0.15) is 0 Å². The SMILES string of the molecule is COc1cc(C=O)cc(OC)c1OCC(=O)N1CC(C)N(Cc2ccc(F)cc2)CC1C. The summed E-state index contributed by atoms with van der Waals surface area (Å²) in [7, 11) is 2.92. The number of benzene rings is 2. The van der Waals surface area contributed by atoms with Crippen LogP contribution in [0.5, 0.6) is 17.2 Å². The van der Waals surface area contributed by atoms with E-state index in [2.05, 4.69) is 11.8 Å². The number of ether oxygens (including phenoxy) is 3. The highest BCUT2D eigenvalue weighted by atomic mass is 19.1. The van der Waals surface area contributed by atoms with Crippen molar-refractivity contribution >= 4 is 12.2 Å². The Bertz CT molecular complexity index is 925. The van der Waals surface area contributed by atoms with Crippen molar-refractivity contribution in [3.05, 3.63) is 53.3 Å². The number of hydrogen-bond acceptors (Lipinski definition) is 6. The van der Waals surface area contributed by atoms with Gasteiger partial charge in [-0.15, -0.1) is 0 Å². The Morgan fingerprint density at radius 2 is 1.69 bits per heavy atom. The first-order valence-electron chi connectivity index (χ1n) is 10.5. The maximum Gasteiger partial charge on any atom is 0.260 e. The smallest absolute Gasteiger partial charge is 0.260 e. The fraction of sp³-hybridized carbons (Fsp3) is 0.417. The molecule has 172 valence electrons. The molecule has 2 aromatic rings. The van der Waals surface area contributed by atoms with Crippen LogP contribution in [0.15, 0.2) is 36.4 Å². The van der Waals surface area contributed by atoms with Crippen molar-refractivity contribution in [2.45, 2.75) is 32.5 Å². The summed E-state index contributed by atoms with van der Waals surface area (Å²) in [5.74, 6) is 0.535. The zero-order valence-electron chi connectivity index (χ0n) is 18.8. The van der Waals surface area contributed by atoms with Gasteiger partial charge in [-0.3, -0.25) is 14.5 Å². The number of carbonyl (C=O) groups is 2. The standard InChI is InChI=1S/C24H29FN2O5/c1-16-12-27(17(2)11-26(16)13-18-5-7-20(25)8-6-18)23(29)15-32-24-21(30-3)9-19(14-28)10-22(24)31-4/h5-10,14,16-17H,11-13,15H2,1-4H3. The van der Waals surface area contributed by atoms with E-state index in [1.165, 1.54) is 38.5 Å². The lowest BCUT2D eigenvalue weighted by Crippen LogP contribution is -2.58. The summed E-state index contributed by atoms with van der Waals surface area (Å²) in [4.78, 5) is 28.2. The first-order chi connectivity index (χ1) is 15.4. The topological polar surface area (TPSA) is 68.3 Å². The van der Waals surface area contributed by atoms with Crippen LogP contribution in [0.4, 0.5) is 4.39 Å². The van der Waals surface area contributed by atoms with E-state index in [4.69, 9.17) is 14.2 Å². The van der Waals surface area contributed by atoms with Gasteiger partial charge in [0.25, 0.3) is 5.91 Å². The van der Waals surface area contributed by atoms with Gasteiger partial charge in [-0.25, -0.2) is 4.39 Å². The lowest BCUT2D eigenvalue weighted by atomic mass is 10.1. The maximum absolute atomic E-state index is 13.2. The van der Waals surface area contributed by atoms with E-state index < -0.39 is 0 Å². The van der Waals surface area contributed by atoms with Gasteiger partial charge in [0, 0.05) is 37.3 Å². The Hall–Kier alpha value is -3.13. The summed E-state index contributed by atoms with van der Waals surface area (Å²) >= 11 is 0. The zero-order valence-corrected chi connectivity index (χ0v) is 18.8. The molecule has 0 saturated carbocycles. The summed E-state index contributed by atoms with van der Waals surface area (Å²) in [5, 5.41) is 0. The van der Waals surface area contributed by atoms with Crippen LogP contribution in [0.25, 0.3) is 0 Å². The van der Waals surface area contributed by atoms with Crippen molar-refractivity contribution in [1.29, 1.82) is 0 Å². The number of rotatable bonds is 8. The third-order valence-electron chi connectivity index (χ3n) is 5.69. The first kappa shape index (κ1) is 23.5. The zero-order chi connectivity index (χ0) is 23.3. The predicted octanol–water partition coefficient (Wildman–Crippen LogP) is 3.16. The summed E-state index contributed by atoms with van der Waals surface area (Å²) in [6.45, 7) is 5.85. The first-order valence-corrected chi connectivity index (χ1v) is 10.5. The lowest BCUT2D eigenvalue weighted by molar-refractivity contribution is -0.139. The molecular formula is C24H29FN2O5. The molecule has 0 aliphatic carbocycles. The Morgan fingerprint density at radius 3 is 2.25 bits per heavy atom. The minimum absolute atomic E-state index is 0.0102. The Balaban J connectivity index is 1.64. The quantitative estimate of drug-likeness (QED) is 0.583. The molecule has 1 saturated heterocycles. The molecule has 8 heteroatoms. The van der Waals surface area contributed by atoms with Crippen LogP contribution >= 0.6 is 0 Å². The van der Waals surface area contributed by atoms with Gasteiger partial charge in [-0.05, 0) is 43.7 Å². The number of aldehydes is 1. The molecule has 32 heavy (non-hydrogen) atoms. The Labute approximate surface area is 187 Å². The van der Waals surface area contributed by atoms with E-state index in [-0.39, 0.29) is 36.2 Å². The van der Waals surface area contributed by atoms with Gasteiger partial charge in [0.05, 0.1) is 14.2 Å². The monoisotopic (exact) mass is 444 g/mol. The van der Waals surface area contributed by atoms with Crippen LogP contribution in [0.3, 0.4) is 0 Å². The number of methoxy groups -OCH3 is 2. The van der Waals surface area contributed by atoms with Gasteiger partial charge in [-0.1, -0.05) is 12.1 Å². The highest BCUT2D eigenvalue weighted by molar-refractivity contribution is 5.80. The average Bonchev–Trinajstić information content (AvgIpc) is 2.80. The second-order valence-corrected chi connectivity index (χ2v) is 7.96. The number of hydrogen-bond donors (Lipinski definition) is 0. The molecule has 0 spiro atoms. The fourth-order valence-electron chi connectivity index (χ4n) is 3.92. The molecule has 1 amide bonds. The molecule has 2 aromatic carbocycles. The van der Waals surface area contributed by atoms with Crippen LogP contribution in [-0.2, 0) is 11.3 Å². The molecule has 1 aliphatic rings. The van der Waals surface area contributed by atoms with Crippen molar-refractivity contribution in [3.8, 4) is 17.2 Å². The molecule has 2 unspecified atom stereocenters. The van der Waals surface area contributed by atoms with Crippen LogP contribution in [0.1, 0.15) is 29.8 Å². The normalized spacial score (nSPS) is 18.8. The predicted molar refractivity (Wildman–Crippen MR) is 118 cm³/mol. The van der Waals surface area contributed by atoms with Crippen molar-refractivity contribution in [3.63, 3.8) is 0 Å². The molecule has 1 heterocycles. The van der Waals surface area contributed by atoms with Gasteiger partial charge in [0.15, 0.2) is 18.1 Å². The number of nitrogens with zero attached hydrogens (tertiary/aromatic N) is 2. The van der Waals surface area contributed by atoms with Crippen LogP contribution in [0.2, 0.25) is 0 Å². The molecule has 0 N–H and O–H groups in total. The van der Waals surface area contributed by atoms with Crippen LogP contribution in [-0.4, -0.2) is 68.0 Å². The maximum atomic E-state index is 13.2. The van der Waals surface area contributed by atoms with E-state index >= 15 is 0 Å². The van der Waals surface area contributed by atoms with Gasteiger partial charge in [0.1, 0.15) is 12.1 Å². The molecule has 1 aliphatic heterocycles. The second kappa shape index (κ2) is 10.5. The van der Waals surface area contributed by atoms with Crippen LogP contribution in [0, 0.1) is 5.82 Å². The van der Waals surface area contributed by atoms with E-state index in [9.17, 15) is 14.0 Å². The number of carbonyl (C=O) groups excluding carboxylic acids is 2. The number of halogens is 1. The van der Waals surface area contributed by atoms with E-state index in [0.29, 0.717) is 43.0 Å². The molecule has 3 rings (SSSR count). The molecule has 7 nitrogen and oxygen atoms in total. The summed E-state index contributed by atoms with van der Waals surface area (Å²) < 4.78 is 29.6. The second-order valence-electron chi connectivity index (χ2n) is 7.96. The van der Waals surface area contributed by atoms with Crippen molar-refractivity contribution < 1.29 is 28.2 Å². The van der Waals surface area contributed by atoms with Crippen molar-refractivity contribution in [1.82, 2.24) is 9.80 Å². The van der Waals surface area contributed by atoms with Gasteiger partial charge >= 0.3 is 0 Å². The van der Waals surface area contributed by atoms with Gasteiger partial charge < -0.3 is 19.1 Å². The minimum atomic E-state index is -0.250. The van der Waals surface area contributed by atoms with Gasteiger partial charge in [0.2, 0.25) is 5.75 Å². The summed E-state index contributed by atoms with van der Waals surface area (Å²) in [6, 6.07) is 9.70. The van der Waals surface area contributed by atoms with Crippen molar-refractivity contribution in [2.24, 2.45) is 0 Å². The van der Waals surface area contributed by atoms with Crippen molar-refractivity contribution in [2.75, 3.05) is 33.9 Å². The molecular weight excluding hydrogens is 415 g/mol. The summed E-state index contributed by atoms with van der Waals surface area (Å²) in [5.41, 5.74) is 1.42. The third kappa shape index (κ3) is 5.37. The van der Waals surface area contributed by atoms with E-state index in [0.717, 1.165) is 5.56 Å². The molecule has 2 atom stereocenters. The highest BCUT2D eigenvalue weighted by Crippen LogP contribution is 2.38. The third-order valence-corrected chi connectivity index (χ3v) is 5.69. The lowest BCUT2D eigenvalue weighted by Gasteiger charge is -2.44. The highest BCUT2D eigenvalue weighted by Gasteiger charge is 2.32. The fourth-order valence-corrected chi connectivity index (χ4v) is 3.92. The molecule has 0 bridgehead atoms. The molecule has 1 fully saturated rings. The molecule has 0 radical (unpaired) electrons. The van der Waals surface area contributed by atoms with Crippen LogP contribution < -0.4 is 14.2 Å². The Kier molecular flexibility index (Phi) is 7.69. The number of piperazine rings is 1. The Morgan fingerprint density at radius 1 is 1.06 bits per heavy atom. The molecule has 0 aromatic heterocycles. The number of amides is 1.